The second-order valence-corrected chi connectivity index (χ2v) is 6.05. The molecule has 138 valence electrons. The van der Waals surface area contributed by atoms with Gasteiger partial charge in [-0.15, -0.1) is 0 Å². The molecule has 1 aromatic carbocycles. The zero-order valence-electron chi connectivity index (χ0n) is 15.0. The van der Waals surface area contributed by atoms with Crippen molar-refractivity contribution >= 4 is 17.9 Å². The van der Waals surface area contributed by atoms with Crippen molar-refractivity contribution in [1.29, 1.82) is 0 Å². The Bertz CT molecular complexity index is 571. The maximum Gasteiger partial charge on any atom is 0.302 e. The van der Waals surface area contributed by atoms with Crippen LogP contribution in [-0.4, -0.2) is 45.0 Å². The second kappa shape index (κ2) is 10.7. The number of hydrazone groups is 1. The van der Waals surface area contributed by atoms with Crippen LogP contribution in [-0.2, 0) is 16.1 Å². The van der Waals surface area contributed by atoms with E-state index in [0.717, 1.165) is 24.2 Å². The van der Waals surface area contributed by atoms with Crippen LogP contribution in [0, 0.1) is 0 Å². The molecule has 0 radical (unpaired) electrons. The number of anilines is 1. The van der Waals surface area contributed by atoms with Gasteiger partial charge in [-0.1, -0.05) is 12.5 Å². The topological polar surface area (TPSA) is 84.0 Å². The van der Waals surface area contributed by atoms with Gasteiger partial charge in [0.2, 0.25) is 0 Å². The third-order valence-corrected chi connectivity index (χ3v) is 3.91. The Balaban J connectivity index is 2.02. The summed E-state index contributed by atoms with van der Waals surface area (Å²) in [5, 5.41) is 10.6. The summed E-state index contributed by atoms with van der Waals surface area (Å²) in [6.07, 6.45) is 5.32. The van der Waals surface area contributed by atoms with E-state index >= 15 is 0 Å². The Kier molecular flexibility index (Phi) is 8.21. The Morgan fingerprint density at radius 1 is 1.44 bits per heavy atom. The van der Waals surface area contributed by atoms with Crippen molar-refractivity contribution < 1.29 is 14.3 Å². The molecule has 1 aromatic rings. The number of hydrogen-bond donors (Lipinski definition) is 3. The fourth-order valence-electron chi connectivity index (χ4n) is 2.56. The average Bonchev–Trinajstić information content (AvgIpc) is 2.63. The van der Waals surface area contributed by atoms with Crippen molar-refractivity contribution in [2.75, 3.05) is 32.2 Å². The molecule has 7 heteroatoms. The SMILES string of the molecule is CNC/C=N\Nc1ccc(COC(C)=O)cc1OCC1CCCCN1. The first-order valence-electron chi connectivity index (χ1n) is 8.73. The fourth-order valence-corrected chi connectivity index (χ4v) is 2.56. The number of benzene rings is 1. The Hall–Kier alpha value is -2.12. The summed E-state index contributed by atoms with van der Waals surface area (Å²) in [5.74, 6) is 0.409. The van der Waals surface area contributed by atoms with Gasteiger partial charge in [-0.25, -0.2) is 0 Å². The normalized spacial score (nSPS) is 17.4. The zero-order chi connectivity index (χ0) is 17.9. The number of ether oxygens (including phenoxy) is 2. The van der Waals surface area contributed by atoms with E-state index in [4.69, 9.17) is 9.47 Å². The predicted octanol–water partition coefficient (Wildman–Crippen LogP) is 1.89. The van der Waals surface area contributed by atoms with Crippen LogP contribution in [0.15, 0.2) is 23.3 Å². The summed E-state index contributed by atoms with van der Waals surface area (Å²) >= 11 is 0. The summed E-state index contributed by atoms with van der Waals surface area (Å²) in [4.78, 5) is 11.0. The second-order valence-electron chi connectivity index (χ2n) is 6.05. The molecular formula is C18H28N4O3. The van der Waals surface area contributed by atoms with Gasteiger partial charge in [0.25, 0.3) is 0 Å². The van der Waals surface area contributed by atoms with Crippen LogP contribution >= 0.6 is 0 Å². The molecule has 0 spiro atoms. The molecule has 25 heavy (non-hydrogen) atoms. The van der Waals surface area contributed by atoms with Gasteiger partial charge in [-0.3, -0.25) is 10.2 Å². The van der Waals surface area contributed by atoms with Crippen LogP contribution < -0.4 is 20.8 Å². The Morgan fingerprint density at radius 3 is 3.04 bits per heavy atom. The molecule has 7 nitrogen and oxygen atoms in total. The first-order chi connectivity index (χ1) is 12.2. The molecule has 1 aliphatic heterocycles. The molecule has 1 atom stereocenters. The number of esters is 1. The highest BCUT2D eigenvalue weighted by atomic mass is 16.5. The molecule has 0 bridgehead atoms. The van der Waals surface area contributed by atoms with Gasteiger partial charge in [0.05, 0.1) is 5.69 Å². The lowest BCUT2D eigenvalue weighted by Gasteiger charge is -2.24. The zero-order valence-corrected chi connectivity index (χ0v) is 15.0. The van der Waals surface area contributed by atoms with Crippen molar-refractivity contribution in [3.63, 3.8) is 0 Å². The summed E-state index contributed by atoms with van der Waals surface area (Å²) in [5.41, 5.74) is 4.67. The number of nitrogens with one attached hydrogen (secondary N) is 3. The fraction of sp³-hybridized carbons (Fsp3) is 0.556. The number of nitrogens with zero attached hydrogens (tertiary/aromatic N) is 1. The summed E-state index contributed by atoms with van der Waals surface area (Å²) in [7, 11) is 1.86. The number of carbonyl (C=O) groups excluding carboxylic acids is 1. The molecule has 1 heterocycles. The number of rotatable bonds is 9. The van der Waals surface area contributed by atoms with Gasteiger partial charge in [0.1, 0.15) is 19.0 Å². The Labute approximate surface area is 149 Å². The maximum atomic E-state index is 11.0. The lowest BCUT2D eigenvalue weighted by molar-refractivity contribution is -0.142. The highest BCUT2D eigenvalue weighted by molar-refractivity contribution is 5.66. The van der Waals surface area contributed by atoms with Gasteiger partial charge >= 0.3 is 5.97 Å². The van der Waals surface area contributed by atoms with Crippen LogP contribution in [0.2, 0.25) is 0 Å². The smallest absolute Gasteiger partial charge is 0.302 e. The monoisotopic (exact) mass is 348 g/mol. The van der Waals surface area contributed by atoms with Gasteiger partial charge in [0, 0.05) is 25.7 Å². The largest absolute Gasteiger partial charge is 0.490 e. The molecular weight excluding hydrogens is 320 g/mol. The summed E-state index contributed by atoms with van der Waals surface area (Å²) < 4.78 is 11.1. The van der Waals surface area contributed by atoms with Gasteiger partial charge in [0.15, 0.2) is 0 Å². The third-order valence-electron chi connectivity index (χ3n) is 3.91. The first-order valence-corrected chi connectivity index (χ1v) is 8.73. The lowest BCUT2D eigenvalue weighted by Crippen LogP contribution is -2.38. The van der Waals surface area contributed by atoms with Crippen LogP contribution in [0.5, 0.6) is 5.75 Å². The minimum absolute atomic E-state index is 0.233. The molecule has 1 aliphatic rings. The highest BCUT2D eigenvalue weighted by Gasteiger charge is 2.14. The average molecular weight is 348 g/mol. The number of piperidine rings is 1. The van der Waals surface area contributed by atoms with E-state index in [1.807, 2.05) is 25.2 Å². The van der Waals surface area contributed by atoms with Crippen molar-refractivity contribution in [2.24, 2.45) is 5.10 Å². The predicted molar refractivity (Wildman–Crippen MR) is 99.1 cm³/mol. The molecule has 0 amide bonds. The summed E-state index contributed by atoms with van der Waals surface area (Å²) in [6, 6.07) is 6.04. The standard InChI is InChI=1S/C18H28N4O3/c1-14(23)24-12-15-6-7-17(22-21-10-9-19-2)18(11-15)25-13-16-5-3-4-8-20-16/h6-7,10-11,16,19-20,22H,3-5,8-9,12-13H2,1-2H3/b21-10-. The van der Waals surface area contributed by atoms with E-state index in [2.05, 4.69) is 21.2 Å². The van der Waals surface area contributed by atoms with Gasteiger partial charge in [-0.2, -0.15) is 5.10 Å². The minimum atomic E-state index is -0.298. The molecule has 0 aliphatic carbocycles. The van der Waals surface area contributed by atoms with Crippen molar-refractivity contribution in [3.8, 4) is 5.75 Å². The molecule has 1 saturated heterocycles. The van der Waals surface area contributed by atoms with E-state index in [-0.39, 0.29) is 12.6 Å². The van der Waals surface area contributed by atoms with Crippen molar-refractivity contribution in [2.45, 2.75) is 38.8 Å². The molecule has 0 saturated carbocycles. The van der Waals surface area contributed by atoms with E-state index in [0.29, 0.717) is 24.9 Å². The molecule has 1 fully saturated rings. The van der Waals surface area contributed by atoms with Crippen LogP contribution in [0.25, 0.3) is 0 Å². The van der Waals surface area contributed by atoms with Crippen molar-refractivity contribution in [1.82, 2.24) is 10.6 Å². The number of carbonyl (C=O) groups is 1. The highest BCUT2D eigenvalue weighted by Crippen LogP contribution is 2.27. The van der Waals surface area contributed by atoms with E-state index in [9.17, 15) is 4.79 Å². The molecule has 2 rings (SSSR count). The maximum absolute atomic E-state index is 11.0. The van der Waals surface area contributed by atoms with Crippen LogP contribution in [0.3, 0.4) is 0 Å². The summed E-state index contributed by atoms with van der Waals surface area (Å²) in [6.45, 7) is 3.96. The molecule has 0 aromatic heterocycles. The molecule has 1 unspecified atom stereocenters. The minimum Gasteiger partial charge on any atom is -0.490 e. The number of hydrogen-bond acceptors (Lipinski definition) is 7. The van der Waals surface area contributed by atoms with Crippen LogP contribution in [0.4, 0.5) is 5.69 Å². The molecule has 3 N–H and O–H groups in total. The quantitative estimate of drug-likeness (QED) is 0.359. The van der Waals surface area contributed by atoms with E-state index in [1.165, 1.54) is 19.8 Å². The Morgan fingerprint density at radius 2 is 2.32 bits per heavy atom. The van der Waals surface area contributed by atoms with E-state index < -0.39 is 0 Å². The van der Waals surface area contributed by atoms with Gasteiger partial charge < -0.3 is 20.1 Å². The van der Waals surface area contributed by atoms with E-state index in [1.54, 1.807) is 6.21 Å². The first kappa shape index (κ1) is 19.2. The van der Waals surface area contributed by atoms with Crippen molar-refractivity contribution in [3.05, 3.63) is 23.8 Å². The van der Waals surface area contributed by atoms with Gasteiger partial charge in [-0.05, 0) is 44.1 Å². The van der Waals surface area contributed by atoms with Crippen LogP contribution in [0.1, 0.15) is 31.7 Å². The lowest BCUT2D eigenvalue weighted by atomic mass is 10.1. The third kappa shape index (κ3) is 7.11.